The molecule has 2 aromatic carbocycles. The van der Waals surface area contributed by atoms with E-state index in [2.05, 4.69) is 5.32 Å². The summed E-state index contributed by atoms with van der Waals surface area (Å²) in [5.41, 5.74) is 1.01. The average molecular weight is 342 g/mol. The number of fused-ring (bicyclic) bond motifs is 1. The molecule has 1 N–H and O–H groups in total. The summed E-state index contributed by atoms with van der Waals surface area (Å²) in [6.45, 7) is 0.845. The lowest BCUT2D eigenvalue weighted by Crippen LogP contribution is -2.34. The summed E-state index contributed by atoms with van der Waals surface area (Å²) in [6, 6.07) is 15.5. The Morgan fingerprint density at radius 3 is 2.71 bits per heavy atom. The van der Waals surface area contributed by atoms with E-state index in [1.54, 1.807) is 42.5 Å². The molecule has 1 aliphatic rings. The standard InChI is InChI=1S/C18H18N2O3S/c19-10-11-20-13-15-8-6-14-7-9-17(12-18(14)23-15)24(21,22)16-4-2-1-3-5-16/h1-5,7,9,12,15,20H,6,8,11,13H2. The molecule has 0 fully saturated rings. The minimum atomic E-state index is -3.55. The van der Waals surface area contributed by atoms with E-state index in [4.69, 9.17) is 10.00 Å². The highest BCUT2D eigenvalue weighted by Crippen LogP contribution is 2.32. The van der Waals surface area contributed by atoms with Crippen molar-refractivity contribution in [2.75, 3.05) is 13.1 Å². The summed E-state index contributed by atoms with van der Waals surface area (Å²) in [4.78, 5) is 0.506. The first-order valence-electron chi connectivity index (χ1n) is 7.78. The third-order valence-corrected chi connectivity index (χ3v) is 5.78. The molecule has 24 heavy (non-hydrogen) atoms. The zero-order valence-corrected chi connectivity index (χ0v) is 13.9. The van der Waals surface area contributed by atoms with Crippen molar-refractivity contribution in [2.45, 2.75) is 28.7 Å². The van der Waals surface area contributed by atoms with Crippen LogP contribution in [0, 0.1) is 11.3 Å². The van der Waals surface area contributed by atoms with Crippen molar-refractivity contribution in [2.24, 2.45) is 0 Å². The van der Waals surface area contributed by atoms with Crippen LogP contribution in [0.4, 0.5) is 0 Å². The van der Waals surface area contributed by atoms with E-state index in [1.807, 2.05) is 12.1 Å². The molecule has 0 amide bonds. The lowest BCUT2D eigenvalue weighted by Gasteiger charge is -2.26. The van der Waals surface area contributed by atoms with Gasteiger partial charge in [0.15, 0.2) is 0 Å². The summed E-state index contributed by atoms with van der Waals surface area (Å²) < 4.78 is 31.3. The number of nitrogens with one attached hydrogen (secondary N) is 1. The quantitative estimate of drug-likeness (QED) is 0.666. The number of aryl methyl sites for hydroxylation is 1. The van der Waals surface area contributed by atoms with Crippen LogP contribution in [0.25, 0.3) is 0 Å². The normalized spacial score (nSPS) is 16.7. The minimum Gasteiger partial charge on any atom is -0.489 e. The van der Waals surface area contributed by atoms with Crippen LogP contribution in [-0.4, -0.2) is 27.6 Å². The number of hydrogen-bond acceptors (Lipinski definition) is 5. The molecule has 3 rings (SSSR count). The Balaban J connectivity index is 1.84. The Bertz CT molecular complexity index is 858. The molecule has 2 aromatic rings. The second kappa shape index (κ2) is 7.04. The molecule has 0 bridgehead atoms. The third kappa shape index (κ3) is 3.42. The van der Waals surface area contributed by atoms with Crippen molar-refractivity contribution < 1.29 is 13.2 Å². The van der Waals surface area contributed by atoms with Crippen LogP contribution in [0.2, 0.25) is 0 Å². The Hall–Kier alpha value is -2.36. The molecule has 6 heteroatoms. The Kier molecular flexibility index (Phi) is 4.84. The van der Waals surface area contributed by atoms with E-state index in [-0.39, 0.29) is 22.4 Å². The molecular weight excluding hydrogens is 324 g/mol. The van der Waals surface area contributed by atoms with Crippen LogP contribution >= 0.6 is 0 Å². The number of rotatable bonds is 5. The van der Waals surface area contributed by atoms with Gasteiger partial charge in [0.25, 0.3) is 0 Å². The highest BCUT2D eigenvalue weighted by Gasteiger charge is 2.23. The minimum absolute atomic E-state index is 0.0551. The number of nitriles is 1. The maximum Gasteiger partial charge on any atom is 0.206 e. The van der Waals surface area contributed by atoms with Gasteiger partial charge in [-0.3, -0.25) is 0 Å². The number of benzene rings is 2. The van der Waals surface area contributed by atoms with Gasteiger partial charge in [-0.05, 0) is 42.7 Å². The second-order valence-electron chi connectivity index (χ2n) is 5.65. The summed E-state index contributed by atoms with van der Waals surface area (Å²) in [5.74, 6) is 0.613. The maximum atomic E-state index is 12.7. The fourth-order valence-electron chi connectivity index (χ4n) is 2.74. The Labute approximate surface area is 141 Å². The molecule has 0 spiro atoms. The molecule has 0 saturated carbocycles. The predicted octanol–water partition coefficient (Wildman–Crippen LogP) is 2.33. The molecule has 1 aliphatic heterocycles. The monoisotopic (exact) mass is 342 g/mol. The largest absolute Gasteiger partial charge is 0.489 e. The van der Waals surface area contributed by atoms with Crippen molar-refractivity contribution in [3.05, 3.63) is 54.1 Å². The molecule has 1 heterocycles. The lowest BCUT2D eigenvalue weighted by atomic mass is 10.0. The van der Waals surface area contributed by atoms with Gasteiger partial charge in [0, 0.05) is 6.54 Å². The van der Waals surface area contributed by atoms with Gasteiger partial charge in [-0.1, -0.05) is 24.3 Å². The highest BCUT2D eigenvalue weighted by atomic mass is 32.2. The zero-order chi connectivity index (χ0) is 17.0. The van der Waals surface area contributed by atoms with Crippen LogP contribution in [0.1, 0.15) is 12.0 Å². The topological polar surface area (TPSA) is 79.2 Å². The second-order valence-corrected chi connectivity index (χ2v) is 7.60. The zero-order valence-electron chi connectivity index (χ0n) is 13.1. The summed E-state index contributed by atoms with van der Waals surface area (Å²) in [7, 11) is -3.55. The summed E-state index contributed by atoms with van der Waals surface area (Å²) in [6.07, 6.45) is 1.62. The highest BCUT2D eigenvalue weighted by molar-refractivity contribution is 7.91. The first-order valence-corrected chi connectivity index (χ1v) is 9.27. The summed E-state index contributed by atoms with van der Waals surface area (Å²) in [5, 5.41) is 11.6. The Morgan fingerprint density at radius 1 is 1.17 bits per heavy atom. The van der Waals surface area contributed by atoms with E-state index in [1.165, 1.54) is 0 Å². The predicted molar refractivity (Wildman–Crippen MR) is 89.6 cm³/mol. The van der Waals surface area contributed by atoms with Crippen LogP contribution in [0.15, 0.2) is 58.3 Å². The molecule has 0 radical (unpaired) electrons. The van der Waals surface area contributed by atoms with Crippen molar-refractivity contribution in [1.82, 2.24) is 5.32 Å². The molecule has 1 unspecified atom stereocenters. The molecular formula is C18H18N2O3S. The van der Waals surface area contributed by atoms with E-state index >= 15 is 0 Å². The number of nitrogens with zero attached hydrogens (tertiary/aromatic N) is 1. The third-order valence-electron chi connectivity index (χ3n) is 4.01. The van der Waals surface area contributed by atoms with Crippen molar-refractivity contribution in [3.63, 3.8) is 0 Å². The van der Waals surface area contributed by atoms with Crippen LogP contribution < -0.4 is 10.1 Å². The van der Waals surface area contributed by atoms with Gasteiger partial charge in [-0.15, -0.1) is 0 Å². The van der Waals surface area contributed by atoms with Gasteiger partial charge < -0.3 is 10.1 Å². The van der Waals surface area contributed by atoms with E-state index in [0.29, 0.717) is 12.3 Å². The summed E-state index contributed by atoms with van der Waals surface area (Å²) >= 11 is 0. The first kappa shape index (κ1) is 16.5. The fraction of sp³-hybridized carbons (Fsp3) is 0.278. The van der Waals surface area contributed by atoms with Gasteiger partial charge >= 0.3 is 0 Å². The smallest absolute Gasteiger partial charge is 0.206 e. The van der Waals surface area contributed by atoms with Crippen LogP contribution in [0.3, 0.4) is 0 Å². The Morgan fingerprint density at radius 2 is 1.96 bits per heavy atom. The van der Waals surface area contributed by atoms with E-state index < -0.39 is 9.84 Å². The van der Waals surface area contributed by atoms with E-state index in [9.17, 15) is 8.42 Å². The average Bonchev–Trinajstić information content (AvgIpc) is 2.62. The van der Waals surface area contributed by atoms with Crippen molar-refractivity contribution in [1.29, 1.82) is 5.26 Å². The van der Waals surface area contributed by atoms with Gasteiger partial charge in [0.05, 0.1) is 22.4 Å². The van der Waals surface area contributed by atoms with Gasteiger partial charge in [0.1, 0.15) is 11.9 Å². The van der Waals surface area contributed by atoms with E-state index in [0.717, 1.165) is 18.4 Å². The molecule has 0 aromatic heterocycles. The fourth-order valence-corrected chi connectivity index (χ4v) is 4.04. The lowest BCUT2D eigenvalue weighted by molar-refractivity contribution is 0.171. The van der Waals surface area contributed by atoms with Crippen LogP contribution in [-0.2, 0) is 16.3 Å². The number of hydrogen-bond donors (Lipinski definition) is 1. The molecule has 1 atom stereocenters. The van der Waals surface area contributed by atoms with Crippen molar-refractivity contribution in [3.8, 4) is 11.8 Å². The molecule has 124 valence electrons. The SMILES string of the molecule is N#CCNCC1CCc2ccc(S(=O)(=O)c3ccccc3)cc2O1. The van der Waals surface area contributed by atoms with Gasteiger partial charge in [-0.25, -0.2) is 8.42 Å². The van der Waals surface area contributed by atoms with Crippen molar-refractivity contribution >= 4 is 9.84 Å². The molecule has 5 nitrogen and oxygen atoms in total. The first-order chi connectivity index (χ1) is 11.6. The van der Waals surface area contributed by atoms with Gasteiger partial charge in [0.2, 0.25) is 9.84 Å². The molecule has 0 saturated heterocycles. The maximum absolute atomic E-state index is 12.7. The molecule has 0 aliphatic carbocycles. The number of sulfone groups is 1. The van der Waals surface area contributed by atoms with Crippen LogP contribution in [0.5, 0.6) is 5.75 Å². The van der Waals surface area contributed by atoms with Gasteiger partial charge in [-0.2, -0.15) is 5.26 Å². The number of ether oxygens (including phenoxy) is 1.